The molecule has 0 spiro atoms. The molecule has 0 amide bonds. The Bertz CT molecular complexity index is 1290. The van der Waals surface area contributed by atoms with Crippen LogP contribution in [0.2, 0.25) is 0 Å². The van der Waals surface area contributed by atoms with Crippen LogP contribution in [-0.2, 0) is 0 Å². The first-order valence-corrected chi connectivity index (χ1v) is 9.02. The summed E-state index contributed by atoms with van der Waals surface area (Å²) < 4.78 is 20.9. The van der Waals surface area contributed by atoms with Gasteiger partial charge < -0.3 is 4.42 Å². The lowest BCUT2D eigenvalue weighted by atomic mass is 10.0. The number of nitrogens with two attached hydrogens (primary N) is 1. The summed E-state index contributed by atoms with van der Waals surface area (Å²) in [6, 6.07) is 28.3. The van der Waals surface area contributed by atoms with Crippen molar-refractivity contribution in [2.75, 3.05) is 5.01 Å². The Balaban J connectivity index is 1.61. The van der Waals surface area contributed by atoms with Crippen molar-refractivity contribution in [2.45, 2.75) is 0 Å². The van der Waals surface area contributed by atoms with Crippen molar-refractivity contribution in [3.05, 3.63) is 96.8 Å². The van der Waals surface area contributed by atoms with Gasteiger partial charge in [-0.1, -0.05) is 66.7 Å². The molecule has 5 aromatic rings. The molecule has 0 saturated heterocycles. The van der Waals surface area contributed by atoms with Gasteiger partial charge in [0, 0.05) is 10.8 Å². The topological polar surface area (TPSA) is 42.4 Å². The third-order valence-electron chi connectivity index (χ3n) is 4.96. The van der Waals surface area contributed by atoms with Gasteiger partial charge in [-0.15, -0.1) is 0 Å². The molecule has 0 bridgehead atoms. The van der Waals surface area contributed by atoms with E-state index >= 15 is 0 Å². The van der Waals surface area contributed by atoms with Crippen molar-refractivity contribution in [2.24, 2.45) is 5.84 Å². The minimum absolute atomic E-state index is 0.285. The van der Waals surface area contributed by atoms with Gasteiger partial charge in [0.1, 0.15) is 17.1 Å². The van der Waals surface area contributed by atoms with Gasteiger partial charge in [0.25, 0.3) is 0 Å². The van der Waals surface area contributed by atoms with E-state index in [1.54, 1.807) is 6.07 Å². The number of rotatable bonds is 3. The van der Waals surface area contributed by atoms with E-state index in [-0.39, 0.29) is 5.69 Å². The molecule has 0 unspecified atom stereocenters. The normalized spacial score (nSPS) is 11.2. The second-order valence-corrected chi connectivity index (χ2v) is 6.65. The lowest BCUT2D eigenvalue weighted by Gasteiger charge is -2.20. The van der Waals surface area contributed by atoms with Gasteiger partial charge >= 0.3 is 0 Å². The molecule has 28 heavy (non-hydrogen) atoms. The number of furan rings is 1. The Morgan fingerprint density at radius 2 is 1.43 bits per heavy atom. The molecule has 0 aliphatic heterocycles. The van der Waals surface area contributed by atoms with Crippen molar-refractivity contribution in [1.82, 2.24) is 0 Å². The van der Waals surface area contributed by atoms with Crippen LogP contribution in [0.3, 0.4) is 0 Å². The first-order chi connectivity index (χ1) is 13.7. The molecule has 136 valence electrons. The molecule has 1 aromatic heterocycles. The van der Waals surface area contributed by atoms with E-state index in [9.17, 15) is 4.39 Å². The van der Waals surface area contributed by atoms with Crippen molar-refractivity contribution in [3.8, 4) is 11.1 Å². The summed E-state index contributed by atoms with van der Waals surface area (Å²) in [7, 11) is 0. The summed E-state index contributed by atoms with van der Waals surface area (Å²) >= 11 is 0. The van der Waals surface area contributed by atoms with Gasteiger partial charge in [0.2, 0.25) is 0 Å². The van der Waals surface area contributed by atoms with Crippen LogP contribution in [0.15, 0.2) is 95.4 Å². The van der Waals surface area contributed by atoms with Crippen LogP contribution in [0.5, 0.6) is 0 Å². The Morgan fingerprint density at radius 3 is 2.25 bits per heavy atom. The van der Waals surface area contributed by atoms with Gasteiger partial charge in [-0.05, 0) is 35.4 Å². The number of nitrogens with zero attached hydrogens (tertiary/aromatic N) is 1. The molecular formula is C24H17FN2O. The van der Waals surface area contributed by atoms with Crippen LogP contribution in [0.4, 0.5) is 15.8 Å². The number of hydrogen-bond acceptors (Lipinski definition) is 3. The average molecular weight is 368 g/mol. The van der Waals surface area contributed by atoms with Crippen molar-refractivity contribution < 1.29 is 8.81 Å². The number of halogens is 1. The molecule has 4 aromatic carbocycles. The summed E-state index contributed by atoms with van der Waals surface area (Å²) in [5, 5.41) is 3.30. The number of hydrogen-bond donors (Lipinski definition) is 1. The maximum absolute atomic E-state index is 14.9. The number of anilines is 2. The molecule has 3 nitrogen and oxygen atoms in total. The standard InChI is InChI=1S/C24H17FN2O/c25-20-15-17(16-7-2-1-3-8-16)13-14-21(20)27(26)22-11-6-10-19-18-9-4-5-12-23(18)28-24(19)22/h1-15H,26H2. The first kappa shape index (κ1) is 16.5. The van der Waals surface area contributed by atoms with Crippen LogP contribution in [0, 0.1) is 5.82 Å². The SMILES string of the molecule is NN(c1ccc(-c2ccccc2)cc1F)c1cccc2c1oc1ccccc12. The number of fused-ring (bicyclic) bond motifs is 3. The van der Waals surface area contributed by atoms with Gasteiger partial charge in [0.05, 0.1) is 5.69 Å². The molecule has 0 aliphatic rings. The second-order valence-electron chi connectivity index (χ2n) is 6.65. The zero-order valence-corrected chi connectivity index (χ0v) is 15.0. The lowest BCUT2D eigenvalue weighted by Crippen LogP contribution is -2.26. The summed E-state index contributed by atoms with van der Waals surface area (Å²) in [6.45, 7) is 0. The van der Waals surface area contributed by atoms with Gasteiger partial charge in [0.15, 0.2) is 5.58 Å². The highest BCUT2D eigenvalue weighted by molar-refractivity contribution is 6.09. The zero-order chi connectivity index (χ0) is 19.1. The van der Waals surface area contributed by atoms with Crippen LogP contribution in [0.25, 0.3) is 33.1 Å². The fourth-order valence-corrected chi connectivity index (χ4v) is 3.56. The summed E-state index contributed by atoms with van der Waals surface area (Å²) in [4.78, 5) is 0. The highest BCUT2D eigenvalue weighted by Crippen LogP contribution is 2.37. The van der Waals surface area contributed by atoms with E-state index in [1.165, 1.54) is 11.1 Å². The molecule has 2 N–H and O–H groups in total. The van der Waals surface area contributed by atoms with E-state index in [0.717, 1.165) is 27.5 Å². The Kier molecular flexibility index (Phi) is 3.85. The predicted molar refractivity (Wildman–Crippen MR) is 112 cm³/mol. The third-order valence-corrected chi connectivity index (χ3v) is 4.96. The van der Waals surface area contributed by atoms with E-state index < -0.39 is 5.82 Å². The summed E-state index contributed by atoms with van der Waals surface area (Å²) in [6.07, 6.45) is 0. The Labute approximate surface area is 161 Å². The molecule has 1 heterocycles. The third kappa shape index (κ3) is 2.63. The zero-order valence-electron chi connectivity index (χ0n) is 15.0. The van der Waals surface area contributed by atoms with Crippen LogP contribution in [0.1, 0.15) is 0 Å². The lowest BCUT2D eigenvalue weighted by molar-refractivity contribution is 0.625. The average Bonchev–Trinajstić information content (AvgIpc) is 3.13. The van der Waals surface area contributed by atoms with E-state index in [4.69, 9.17) is 10.3 Å². The van der Waals surface area contributed by atoms with Gasteiger partial charge in [-0.3, -0.25) is 5.01 Å². The molecule has 0 saturated carbocycles. The van der Waals surface area contributed by atoms with Gasteiger partial charge in [-0.2, -0.15) is 0 Å². The molecule has 0 fully saturated rings. The smallest absolute Gasteiger partial charge is 0.160 e. The molecule has 0 atom stereocenters. The largest absolute Gasteiger partial charge is 0.454 e. The second kappa shape index (κ2) is 6.51. The number of benzene rings is 4. The van der Waals surface area contributed by atoms with Gasteiger partial charge in [-0.25, -0.2) is 10.2 Å². The minimum atomic E-state index is -0.392. The summed E-state index contributed by atoms with van der Waals surface area (Å²) in [5.41, 5.74) is 4.07. The monoisotopic (exact) mass is 368 g/mol. The molecule has 0 radical (unpaired) electrons. The van der Waals surface area contributed by atoms with Crippen LogP contribution in [-0.4, -0.2) is 0 Å². The molecule has 5 rings (SSSR count). The molecular weight excluding hydrogens is 351 g/mol. The maximum atomic E-state index is 14.9. The first-order valence-electron chi connectivity index (χ1n) is 9.02. The predicted octanol–water partition coefficient (Wildman–Crippen LogP) is 6.40. The Morgan fingerprint density at radius 1 is 0.679 bits per heavy atom. The fourth-order valence-electron chi connectivity index (χ4n) is 3.56. The molecule has 4 heteroatoms. The highest BCUT2D eigenvalue weighted by atomic mass is 19.1. The van der Waals surface area contributed by atoms with Crippen molar-refractivity contribution in [1.29, 1.82) is 0 Å². The maximum Gasteiger partial charge on any atom is 0.160 e. The number of hydrazine groups is 1. The van der Waals surface area contributed by atoms with Crippen molar-refractivity contribution >= 4 is 33.3 Å². The summed E-state index contributed by atoms with van der Waals surface area (Å²) in [5.74, 6) is 5.94. The van der Waals surface area contributed by atoms with E-state index in [0.29, 0.717) is 11.3 Å². The quantitative estimate of drug-likeness (QED) is 0.296. The Hall–Kier alpha value is -3.63. The van der Waals surface area contributed by atoms with Crippen LogP contribution >= 0.6 is 0 Å². The van der Waals surface area contributed by atoms with Crippen LogP contribution < -0.4 is 10.9 Å². The molecule has 0 aliphatic carbocycles. The van der Waals surface area contributed by atoms with E-state index in [1.807, 2.05) is 78.9 Å². The fraction of sp³-hybridized carbons (Fsp3) is 0. The highest BCUT2D eigenvalue weighted by Gasteiger charge is 2.17. The van der Waals surface area contributed by atoms with Crippen molar-refractivity contribution in [3.63, 3.8) is 0 Å². The van der Waals surface area contributed by atoms with E-state index in [2.05, 4.69) is 0 Å². The number of para-hydroxylation sites is 2. The minimum Gasteiger partial charge on any atom is -0.454 e.